The summed E-state index contributed by atoms with van der Waals surface area (Å²) in [6.45, 7) is 2.98. The van der Waals surface area contributed by atoms with Crippen molar-refractivity contribution in [2.45, 2.75) is 6.54 Å². The Labute approximate surface area is 161 Å². The van der Waals surface area contributed by atoms with Crippen molar-refractivity contribution in [2.24, 2.45) is 0 Å². The van der Waals surface area contributed by atoms with Crippen LogP contribution in [0.2, 0.25) is 0 Å². The van der Waals surface area contributed by atoms with E-state index in [2.05, 4.69) is 4.90 Å². The second kappa shape index (κ2) is 7.44. The normalized spacial score (nSPS) is 14.6. The number of hydrogen-bond donors (Lipinski definition) is 0. The number of benzene rings is 2. The smallest absolute Gasteiger partial charge is 0.268 e. The van der Waals surface area contributed by atoms with Crippen molar-refractivity contribution >= 4 is 33.2 Å². The van der Waals surface area contributed by atoms with Gasteiger partial charge in [0, 0.05) is 31.9 Å². The highest BCUT2D eigenvalue weighted by Crippen LogP contribution is 2.21. The number of amides is 1. The van der Waals surface area contributed by atoms with Gasteiger partial charge in [0.2, 0.25) is 5.91 Å². The minimum absolute atomic E-state index is 0.00182. The molecule has 0 saturated carbocycles. The minimum Gasteiger partial charge on any atom is -0.497 e. The Bertz CT molecular complexity index is 1000. The van der Waals surface area contributed by atoms with Gasteiger partial charge >= 0.3 is 0 Å². The lowest BCUT2D eigenvalue weighted by Crippen LogP contribution is -2.49. The number of aromatic nitrogens is 1. The lowest BCUT2D eigenvalue weighted by Gasteiger charge is -2.36. The maximum atomic E-state index is 12.7. The van der Waals surface area contributed by atoms with Gasteiger partial charge in [0.15, 0.2) is 0 Å². The highest BCUT2D eigenvalue weighted by molar-refractivity contribution is 7.13. The van der Waals surface area contributed by atoms with E-state index in [4.69, 9.17) is 4.74 Å². The molecule has 1 amide bonds. The van der Waals surface area contributed by atoms with Gasteiger partial charge in [0.05, 0.1) is 17.2 Å². The van der Waals surface area contributed by atoms with Crippen molar-refractivity contribution in [1.29, 1.82) is 0 Å². The molecule has 1 aliphatic rings. The van der Waals surface area contributed by atoms with Gasteiger partial charge in [0.1, 0.15) is 12.3 Å². The summed E-state index contributed by atoms with van der Waals surface area (Å²) in [5, 5.41) is 0.680. The Morgan fingerprint density at radius 3 is 2.41 bits per heavy atom. The molecule has 3 aromatic rings. The molecule has 1 fully saturated rings. The Morgan fingerprint density at radius 2 is 1.74 bits per heavy atom. The van der Waals surface area contributed by atoms with Crippen LogP contribution in [0.25, 0.3) is 10.1 Å². The molecule has 27 heavy (non-hydrogen) atoms. The van der Waals surface area contributed by atoms with Gasteiger partial charge in [-0.3, -0.25) is 13.5 Å². The van der Waals surface area contributed by atoms with Gasteiger partial charge in [-0.25, -0.2) is 0 Å². The molecule has 2 aromatic carbocycles. The van der Waals surface area contributed by atoms with E-state index in [9.17, 15) is 9.59 Å². The lowest BCUT2D eigenvalue weighted by atomic mass is 10.2. The largest absolute Gasteiger partial charge is 0.497 e. The standard InChI is InChI=1S/C20H21N3O3S/c1-26-16-8-6-15(7-9-16)21-10-12-22(13-11-21)19(24)14-23-20(25)17-4-2-3-5-18(17)27-23/h2-9H,10-14H2,1H3. The number of piperazine rings is 1. The molecule has 2 heterocycles. The molecule has 7 heteroatoms. The summed E-state index contributed by atoms with van der Waals surface area (Å²) in [5.74, 6) is 0.833. The zero-order chi connectivity index (χ0) is 18.8. The first-order chi connectivity index (χ1) is 13.2. The van der Waals surface area contributed by atoms with E-state index >= 15 is 0 Å². The van der Waals surface area contributed by atoms with Gasteiger partial charge in [-0.2, -0.15) is 0 Å². The first-order valence-electron chi connectivity index (χ1n) is 8.91. The van der Waals surface area contributed by atoms with Crippen molar-refractivity contribution in [2.75, 3.05) is 38.2 Å². The average Bonchev–Trinajstić information content (AvgIpc) is 3.04. The predicted octanol–water partition coefficient (Wildman–Crippen LogP) is 2.42. The van der Waals surface area contributed by atoms with Crippen LogP contribution in [0.15, 0.2) is 53.3 Å². The maximum absolute atomic E-state index is 12.7. The molecule has 0 bridgehead atoms. The first kappa shape index (κ1) is 17.6. The Kier molecular flexibility index (Phi) is 4.85. The highest BCUT2D eigenvalue weighted by Gasteiger charge is 2.22. The zero-order valence-electron chi connectivity index (χ0n) is 15.1. The number of nitrogens with zero attached hydrogens (tertiary/aromatic N) is 3. The molecule has 1 aromatic heterocycles. The Hall–Kier alpha value is -2.80. The topological polar surface area (TPSA) is 54.8 Å². The lowest BCUT2D eigenvalue weighted by molar-refractivity contribution is -0.132. The van der Waals surface area contributed by atoms with Crippen molar-refractivity contribution in [3.63, 3.8) is 0 Å². The van der Waals surface area contributed by atoms with E-state index in [1.807, 2.05) is 53.4 Å². The summed E-state index contributed by atoms with van der Waals surface area (Å²) >= 11 is 1.35. The van der Waals surface area contributed by atoms with Crippen LogP contribution in [0.3, 0.4) is 0 Å². The third-order valence-electron chi connectivity index (χ3n) is 4.90. The number of anilines is 1. The van der Waals surface area contributed by atoms with Crippen LogP contribution in [0.1, 0.15) is 0 Å². The summed E-state index contributed by atoms with van der Waals surface area (Å²) < 4.78 is 7.67. The summed E-state index contributed by atoms with van der Waals surface area (Å²) in [5.41, 5.74) is 1.05. The maximum Gasteiger partial charge on any atom is 0.268 e. The number of hydrogen-bond acceptors (Lipinski definition) is 5. The summed E-state index contributed by atoms with van der Waals surface area (Å²) in [6.07, 6.45) is 0. The molecular formula is C20H21N3O3S. The molecule has 6 nitrogen and oxygen atoms in total. The highest BCUT2D eigenvalue weighted by atomic mass is 32.1. The Balaban J connectivity index is 1.39. The second-order valence-corrected chi connectivity index (χ2v) is 7.56. The van der Waals surface area contributed by atoms with Gasteiger partial charge < -0.3 is 14.5 Å². The fraction of sp³-hybridized carbons (Fsp3) is 0.300. The fourth-order valence-electron chi connectivity index (χ4n) is 3.35. The zero-order valence-corrected chi connectivity index (χ0v) is 15.9. The van der Waals surface area contributed by atoms with Gasteiger partial charge in [0.25, 0.3) is 5.56 Å². The van der Waals surface area contributed by atoms with Crippen LogP contribution < -0.4 is 15.2 Å². The molecule has 0 unspecified atom stereocenters. The van der Waals surface area contributed by atoms with E-state index in [0.717, 1.165) is 29.2 Å². The van der Waals surface area contributed by atoms with Crippen LogP contribution in [0.5, 0.6) is 5.75 Å². The number of carbonyl (C=O) groups excluding carboxylic acids is 1. The molecule has 0 N–H and O–H groups in total. The number of fused-ring (bicyclic) bond motifs is 1. The van der Waals surface area contributed by atoms with Crippen molar-refractivity contribution in [3.05, 3.63) is 58.9 Å². The van der Waals surface area contributed by atoms with Crippen LogP contribution in [-0.4, -0.2) is 48.1 Å². The van der Waals surface area contributed by atoms with Gasteiger partial charge in [-0.05, 0) is 36.4 Å². The SMILES string of the molecule is COc1ccc(N2CCN(C(=O)Cn3sc4ccccc4c3=O)CC2)cc1. The summed E-state index contributed by atoms with van der Waals surface area (Å²) in [6, 6.07) is 15.4. The summed E-state index contributed by atoms with van der Waals surface area (Å²) in [7, 11) is 1.65. The van der Waals surface area contributed by atoms with Crippen LogP contribution in [-0.2, 0) is 11.3 Å². The number of carbonyl (C=O) groups is 1. The third-order valence-corrected chi connectivity index (χ3v) is 5.97. The van der Waals surface area contributed by atoms with E-state index in [-0.39, 0.29) is 18.0 Å². The molecule has 140 valence electrons. The monoisotopic (exact) mass is 383 g/mol. The second-order valence-electron chi connectivity index (χ2n) is 6.50. The quantitative estimate of drug-likeness (QED) is 0.694. The molecule has 0 radical (unpaired) electrons. The van der Waals surface area contributed by atoms with Crippen LogP contribution in [0, 0.1) is 0 Å². The molecule has 0 aliphatic carbocycles. The molecule has 1 aliphatic heterocycles. The van der Waals surface area contributed by atoms with Crippen molar-refractivity contribution < 1.29 is 9.53 Å². The number of ether oxygens (including phenoxy) is 1. The average molecular weight is 383 g/mol. The third kappa shape index (κ3) is 3.55. The van der Waals surface area contributed by atoms with Crippen LogP contribution >= 0.6 is 11.5 Å². The summed E-state index contributed by atoms with van der Waals surface area (Å²) in [4.78, 5) is 29.2. The van der Waals surface area contributed by atoms with E-state index in [0.29, 0.717) is 18.5 Å². The van der Waals surface area contributed by atoms with Crippen molar-refractivity contribution in [1.82, 2.24) is 8.86 Å². The molecule has 1 saturated heterocycles. The van der Waals surface area contributed by atoms with Gasteiger partial charge in [-0.15, -0.1) is 0 Å². The van der Waals surface area contributed by atoms with E-state index < -0.39 is 0 Å². The number of methoxy groups -OCH3 is 1. The van der Waals surface area contributed by atoms with E-state index in [1.54, 1.807) is 11.1 Å². The predicted molar refractivity (Wildman–Crippen MR) is 108 cm³/mol. The van der Waals surface area contributed by atoms with Crippen LogP contribution in [0.4, 0.5) is 5.69 Å². The minimum atomic E-state index is -0.0826. The first-order valence-corrected chi connectivity index (χ1v) is 9.68. The molecular weight excluding hydrogens is 362 g/mol. The van der Waals surface area contributed by atoms with Crippen molar-refractivity contribution in [3.8, 4) is 5.75 Å². The number of rotatable bonds is 4. The molecule has 0 atom stereocenters. The fourth-order valence-corrected chi connectivity index (χ4v) is 4.34. The van der Waals surface area contributed by atoms with Gasteiger partial charge in [-0.1, -0.05) is 23.7 Å². The van der Waals surface area contributed by atoms with E-state index in [1.165, 1.54) is 11.5 Å². The molecule has 0 spiro atoms. The molecule has 4 rings (SSSR count). The Morgan fingerprint density at radius 1 is 1.04 bits per heavy atom.